The van der Waals surface area contributed by atoms with Crippen molar-refractivity contribution < 1.29 is 20.8 Å². The van der Waals surface area contributed by atoms with Gasteiger partial charge in [-0.05, 0) is 24.1 Å². The normalized spacial score (nSPS) is 10.6. The van der Waals surface area contributed by atoms with Gasteiger partial charge in [0.15, 0.2) is 0 Å². The van der Waals surface area contributed by atoms with Gasteiger partial charge in [-0.3, -0.25) is 0 Å². The van der Waals surface area contributed by atoms with Crippen molar-refractivity contribution in [3.05, 3.63) is 29.8 Å². The number of halogens is 1. The second kappa shape index (κ2) is 6.70. The lowest BCUT2D eigenvalue weighted by atomic mass is 10.1. The van der Waals surface area contributed by atoms with Gasteiger partial charge in [0, 0.05) is 12.7 Å². The number of rotatable bonds is 5. The van der Waals surface area contributed by atoms with E-state index in [1.807, 2.05) is 24.3 Å². The minimum absolute atomic E-state index is 0. The fourth-order valence-corrected chi connectivity index (χ4v) is 1.68. The van der Waals surface area contributed by atoms with Crippen LogP contribution in [0.15, 0.2) is 24.3 Å². The quantitative estimate of drug-likeness (QED) is 0.497. The van der Waals surface area contributed by atoms with Crippen LogP contribution in [0.3, 0.4) is 0 Å². The van der Waals surface area contributed by atoms with E-state index in [9.17, 15) is 8.42 Å². The molecule has 0 spiro atoms. The molecule has 0 saturated heterocycles. The van der Waals surface area contributed by atoms with Gasteiger partial charge in [0.2, 0.25) is 10.0 Å². The molecule has 1 aromatic rings. The van der Waals surface area contributed by atoms with Crippen LogP contribution in [0.4, 0.5) is 5.69 Å². The maximum absolute atomic E-state index is 10.7. The molecule has 1 aromatic carbocycles. The van der Waals surface area contributed by atoms with Gasteiger partial charge in [-0.2, -0.15) is 0 Å². The molecule has 92 valence electrons. The molecule has 0 heterocycles. The first-order valence-electron chi connectivity index (χ1n) is 4.53. The lowest BCUT2D eigenvalue weighted by Crippen LogP contribution is -3.00. The minimum atomic E-state index is -3.37. The zero-order valence-corrected chi connectivity index (χ0v) is 10.5. The van der Waals surface area contributed by atoms with E-state index in [2.05, 4.69) is 10.9 Å². The Morgan fingerprint density at radius 2 is 1.81 bits per heavy atom. The molecule has 0 fully saturated rings. The molecular formula is C9H15ClN3O2S-. The van der Waals surface area contributed by atoms with Crippen LogP contribution in [-0.4, -0.2) is 21.2 Å². The summed E-state index contributed by atoms with van der Waals surface area (Å²) in [5.41, 5.74) is 7.59. The SMILES string of the molecule is CNNc1ccc(CCS(N)(=O)=O)cc1.[Cl-]. The number of nitrogens with one attached hydrogen (secondary N) is 2. The minimum Gasteiger partial charge on any atom is -1.00 e. The van der Waals surface area contributed by atoms with Crippen LogP contribution in [0.1, 0.15) is 5.56 Å². The number of anilines is 1. The predicted octanol–water partition coefficient (Wildman–Crippen LogP) is -2.93. The average Bonchev–Trinajstić information content (AvgIpc) is 2.16. The number of hydrazine groups is 1. The number of hydrogen-bond acceptors (Lipinski definition) is 4. The highest BCUT2D eigenvalue weighted by atomic mass is 35.5. The Morgan fingerprint density at radius 1 is 1.25 bits per heavy atom. The molecule has 4 N–H and O–H groups in total. The molecule has 0 aliphatic rings. The third-order valence-electron chi connectivity index (χ3n) is 1.90. The molecule has 0 bridgehead atoms. The van der Waals surface area contributed by atoms with Gasteiger partial charge in [-0.25, -0.2) is 19.0 Å². The largest absolute Gasteiger partial charge is 1.00 e. The van der Waals surface area contributed by atoms with E-state index in [-0.39, 0.29) is 18.2 Å². The molecule has 0 amide bonds. The van der Waals surface area contributed by atoms with Crippen LogP contribution in [0, 0.1) is 0 Å². The Bertz CT molecular complexity index is 405. The number of hydrogen-bond donors (Lipinski definition) is 3. The highest BCUT2D eigenvalue weighted by molar-refractivity contribution is 7.89. The van der Waals surface area contributed by atoms with E-state index < -0.39 is 10.0 Å². The Hall–Kier alpha value is -0.820. The molecule has 5 nitrogen and oxygen atoms in total. The first-order valence-corrected chi connectivity index (χ1v) is 6.25. The van der Waals surface area contributed by atoms with Crippen molar-refractivity contribution in [3.63, 3.8) is 0 Å². The molecule has 0 aliphatic heterocycles. The van der Waals surface area contributed by atoms with E-state index in [0.717, 1.165) is 11.3 Å². The second-order valence-electron chi connectivity index (χ2n) is 3.19. The zero-order valence-electron chi connectivity index (χ0n) is 8.90. The Morgan fingerprint density at radius 3 is 2.25 bits per heavy atom. The van der Waals surface area contributed by atoms with Gasteiger partial charge in [0.1, 0.15) is 0 Å². The second-order valence-corrected chi connectivity index (χ2v) is 4.92. The van der Waals surface area contributed by atoms with Crippen molar-refractivity contribution in [1.82, 2.24) is 5.43 Å². The summed E-state index contributed by atoms with van der Waals surface area (Å²) in [6.07, 6.45) is 0.443. The van der Waals surface area contributed by atoms with Gasteiger partial charge in [0.05, 0.1) is 5.75 Å². The van der Waals surface area contributed by atoms with Crippen molar-refractivity contribution in [2.75, 3.05) is 18.2 Å². The van der Waals surface area contributed by atoms with Crippen LogP contribution in [0.5, 0.6) is 0 Å². The predicted molar refractivity (Wildman–Crippen MR) is 60.8 cm³/mol. The number of benzene rings is 1. The van der Waals surface area contributed by atoms with Crippen molar-refractivity contribution in [1.29, 1.82) is 0 Å². The third kappa shape index (κ3) is 5.92. The van der Waals surface area contributed by atoms with Crippen molar-refractivity contribution >= 4 is 15.7 Å². The van der Waals surface area contributed by atoms with Crippen LogP contribution >= 0.6 is 0 Å². The molecule has 7 heteroatoms. The molecule has 0 aliphatic carbocycles. The lowest BCUT2D eigenvalue weighted by Gasteiger charge is -2.05. The standard InChI is InChI=1S/C9H15N3O2S.ClH/c1-11-12-9-4-2-8(3-5-9)6-7-15(10,13)14;/h2-5,11-12H,6-7H2,1H3,(H2,10,13,14);1H/p-1. The molecule has 16 heavy (non-hydrogen) atoms. The van der Waals surface area contributed by atoms with Crippen LogP contribution in [0.2, 0.25) is 0 Å². The van der Waals surface area contributed by atoms with Crippen LogP contribution < -0.4 is 28.4 Å². The summed E-state index contributed by atoms with van der Waals surface area (Å²) in [6.45, 7) is 0. The highest BCUT2D eigenvalue weighted by Gasteiger charge is 2.03. The van der Waals surface area contributed by atoms with Gasteiger partial charge in [0.25, 0.3) is 0 Å². The summed E-state index contributed by atoms with van der Waals surface area (Å²) >= 11 is 0. The molecule has 0 saturated carbocycles. The Kier molecular flexibility index (Phi) is 6.35. The van der Waals surface area contributed by atoms with E-state index in [1.165, 1.54) is 0 Å². The molecule has 0 aromatic heterocycles. The number of nitrogens with two attached hydrogens (primary N) is 1. The topological polar surface area (TPSA) is 84.2 Å². The fourth-order valence-electron chi connectivity index (χ4n) is 1.16. The van der Waals surface area contributed by atoms with Crippen molar-refractivity contribution in [3.8, 4) is 0 Å². The zero-order chi connectivity index (χ0) is 11.3. The van der Waals surface area contributed by atoms with Crippen molar-refractivity contribution in [2.24, 2.45) is 5.14 Å². The number of sulfonamides is 1. The molecule has 0 radical (unpaired) electrons. The van der Waals surface area contributed by atoms with Gasteiger partial charge in [-0.15, -0.1) is 0 Å². The van der Waals surface area contributed by atoms with Gasteiger partial charge < -0.3 is 17.8 Å². The van der Waals surface area contributed by atoms with Gasteiger partial charge >= 0.3 is 0 Å². The lowest BCUT2D eigenvalue weighted by molar-refractivity contribution is -0.00000578. The summed E-state index contributed by atoms with van der Waals surface area (Å²) in [7, 11) is -1.60. The molecule has 1 rings (SSSR count). The monoisotopic (exact) mass is 264 g/mol. The summed E-state index contributed by atoms with van der Waals surface area (Å²) in [5, 5.41) is 4.91. The summed E-state index contributed by atoms with van der Waals surface area (Å²) < 4.78 is 21.5. The first-order chi connectivity index (χ1) is 7.01. The third-order valence-corrected chi connectivity index (χ3v) is 2.67. The molecular weight excluding hydrogens is 250 g/mol. The van der Waals surface area contributed by atoms with Gasteiger partial charge in [-0.1, -0.05) is 12.1 Å². The fraction of sp³-hybridized carbons (Fsp3) is 0.333. The number of aryl methyl sites for hydroxylation is 1. The Labute approximate surface area is 102 Å². The van der Waals surface area contributed by atoms with Crippen LogP contribution in [-0.2, 0) is 16.4 Å². The summed E-state index contributed by atoms with van der Waals surface area (Å²) in [4.78, 5) is 0. The first kappa shape index (κ1) is 15.2. The maximum Gasteiger partial charge on any atom is 0.209 e. The summed E-state index contributed by atoms with van der Waals surface area (Å²) in [5.74, 6) is -0.0220. The van der Waals surface area contributed by atoms with E-state index in [4.69, 9.17) is 5.14 Å². The maximum atomic E-state index is 10.7. The van der Waals surface area contributed by atoms with Crippen LogP contribution in [0.25, 0.3) is 0 Å². The average molecular weight is 265 g/mol. The summed E-state index contributed by atoms with van der Waals surface area (Å²) in [6, 6.07) is 7.47. The smallest absolute Gasteiger partial charge is 0.209 e. The van der Waals surface area contributed by atoms with Crippen molar-refractivity contribution in [2.45, 2.75) is 6.42 Å². The van der Waals surface area contributed by atoms with E-state index in [1.54, 1.807) is 7.05 Å². The molecule has 0 unspecified atom stereocenters. The molecule has 0 atom stereocenters. The highest BCUT2D eigenvalue weighted by Crippen LogP contribution is 2.09. The van der Waals surface area contributed by atoms with E-state index >= 15 is 0 Å². The number of primary sulfonamides is 1. The Balaban J connectivity index is 0.00000225. The van der Waals surface area contributed by atoms with E-state index in [0.29, 0.717) is 6.42 Å².